The molecule has 1 aromatic heterocycles. The molecule has 0 amide bonds. The molecule has 1 aromatic carbocycles. The zero-order valence-electron chi connectivity index (χ0n) is 9.64. The van der Waals surface area contributed by atoms with Crippen LogP contribution in [0.5, 0.6) is 5.75 Å². The predicted molar refractivity (Wildman–Crippen MR) is 65.6 cm³/mol. The summed E-state index contributed by atoms with van der Waals surface area (Å²) in [7, 11) is 0. The Morgan fingerprint density at radius 3 is 3.06 bits per heavy atom. The van der Waals surface area contributed by atoms with Gasteiger partial charge in [0, 0.05) is 11.4 Å². The number of rotatable bonds is 1. The molecule has 1 aliphatic heterocycles. The fraction of sp³-hybridized carbons (Fsp3) is 0.231. The second-order valence-corrected chi connectivity index (χ2v) is 5.23. The van der Waals surface area contributed by atoms with Gasteiger partial charge in [0.1, 0.15) is 17.7 Å². The lowest BCUT2D eigenvalue weighted by Gasteiger charge is -2.23. The van der Waals surface area contributed by atoms with Crippen LogP contribution in [-0.4, -0.2) is 10.8 Å². The summed E-state index contributed by atoms with van der Waals surface area (Å²) in [4.78, 5) is 16.3. The van der Waals surface area contributed by atoms with Gasteiger partial charge in [-0.15, -0.1) is 11.3 Å². The minimum absolute atomic E-state index is 0.0353. The van der Waals surface area contributed by atoms with E-state index in [2.05, 4.69) is 4.98 Å². The maximum absolute atomic E-state index is 13.2. The van der Waals surface area contributed by atoms with Crippen LogP contribution >= 0.6 is 11.3 Å². The van der Waals surface area contributed by atoms with Gasteiger partial charge >= 0.3 is 0 Å². The molecule has 0 saturated carbocycles. The van der Waals surface area contributed by atoms with E-state index in [0.29, 0.717) is 11.3 Å². The van der Waals surface area contributed by atoms with Gasteiger partial charge in [-0.25, -0.2) is 9.37 Å². The van der Waals surface area contributed by atoms with E-state index in [1.165, 1.54) is 29.5 Å². The normalized spacial score (nSPS) is 18.3. The van der Waals surface area contributed by atoms with Gasteiger partial charge in [-0.1, -0.05) is 0 Å². The molecular formula is C13H10FNO2S. The molecule has 1 atom stereocenters. The molecule has 0 aliphatic carbocycles. The lowest BCUT2D eigenvalue weighted by molar-refractivity contribution is 0.0844. The monoisotopic (exact) mass is 263 g/mol. The van der Waals surface area contributed by atoms with E-state index in [1.54, 1.807) is 0 Å². The number of thiazole rings is 1. The van der Waals surface area contributed by atoms with Crippen LogP contribution in [-0.2, 0) is 0 Å². The van der Waals surface area contributed by atoms with Crippen molar-refractivity contribution in [3.05, 3.63) is 45.7 Å². The summed E-state index contributed by atoms with van der Waals surface area (Å²) in [6.07, 6.45) is -0.154. The van der Waals surface area contributed by atoms with Gasteiger partial charge in [-0.2, -0.15) is 0 Å². The molecule has 0 N–H and O–H groups in total. The van der Waals surface area contributed by atoms with Crippen LogP contribution < -0.4 is 4.74 Å². The molecule has 2 heterocycles. The summed E-state index contributed by atoms with van der Waals surface area (Å²) < 4.78 is 18.8. The van der Waals surface area contributed by atoms with Crippen molar-refractivity contribution in [3.63, 3.8) is 0 Å². The van der Waals surface area contributed by atoms with E-state index in [0.717, 1.165) is 10.7 Å². The van der Waals surface area contributed by atoms with Crippen LogP contribution in [0.15, 0.2) is 23.6 Å². The van der Waals surface area contributed by atoms with Crippen molar-refractivity contribution in [2.75, 3.05) is 0 Å². The molecule has 1 unspecified atom stereocenters. The summed E-state index contributed by atoms with van der Waals surface area (Å²) in [5.74, 6) is -0.134. The summed E-state index contributed by atoms with van der Waals surface area (Å²) in [5.41, 5.74) is 1.18. The third kappa shape index (κ3) is 1.90. The number of carbonyl (C=O) groups excluding carboxylic acids is 1. The molecule has 0 radical (unpaired) electrons. The Morgan fingerprint density at radius 1 is 1.50 bits per heavy atom. The van der Waals surface area contributed by atoms with E-state index in [-0.39, 0.29) is 12.2 Å². The van der Waals surface area contributed by atoms with Crippen molar-refractivity contribution >= 4 is 17.1 Å². The Labute approximate surface area is 107 Å². The van der Waals surface area contributed by atoms with Crippen LogP contribution in [0.1, 0.15) is 33.6 Å². The Balaban J connectivity index is 1.98. The van der Waals surface area contributed by atoms with Crippen molar-refractivity contribution in [2.24, 2.45) is 0 Å². The molecule has 2 aromatic rings. The number of nitrogens with zero attached hydrogens (tertiary/aromatic N) is 1. The SMILES string of the molecule is Cc1nc(C2CC(=O)c3ccc(F)cc3O2)cs1. The van der Waals surface area contributed by atoms with Crippen molar-refractivity contribution in [2.45, 2.75) is 19.4 Å². The predicted octanol–water partition coefficient (Wildman–Crippen LogP) is 3.30. The van der Waals surface area contributed by atoms with Gasteiger partial charge < -0.3 is 4.74 Å². The Bertz CT molecular complexity index is 623. The van der Waals surface area contributed by atoms with Gasteiger partial charge in [0.2, 0.25) is 0 Å². The zero-order valence-corrected chi connectivity index (χ0v) is 10.5. The first-order valence-electron chi connectivity index (χ1n) is 5.55. The molecule has 5 heteroatoms. The number of hydrogen-bond acceptors (Lipinski definition) is 4. The van der Waals surface area contributed by atoms with Crippen LogP contribution in [0.3, 0.4) is 0 Å². The highest BCUT2D eigenvalue weighted by molar-refractivity contribution is 7.09. The van der Waals surface area contributed by atoms with Crippen molar-refractivity contribution in [1.29, 1.82) is 0 Å². The molecular weight excluding hydrogens is 253 g/mol. The maximum atomic E-state index is 13.2. The van der Waals surface area contributed by atoms with Crippen molar-refractivity contribution < 1.29 is 13.9 Å². The number of hydrogen-bond donors (Lipinski definition) is 0. The largest absolute Gasteiger partial charge is 0.483 e. The molecule has 3 nitrogen and oxygen atoms in total. The van der Waals surface area contributed by atoms with E-state index >= 15 is 0 Å². The minimum atomic E-state index is -0.406. The van der Waals surface area contributed by atoms with Gasteiger partial charge in [0.25, 0.3) is 0 Å². The van der Waals surface area contributed by atoms with Gasteiger partial charge in [-0.3, -0.25) is 4.79 Å². The number of fused-ring (bicyclic) bond motifs is 1. The summed E-state index contributed by atoms with van der Waals surface area (Å²) in [5, 5.41) is 2.79. The second kappa shape index (κ2) is 4.17. The number of aryl methyl sites for hydroxylation is 1. The molecule has 0 spiro atoms. The Kier molecular flexibility index (Phi) is 2.63. The van der Waals surface area contributed by atoms with Gasteiger partial charge in [0.05, 0.1) is 22.7 Å². The first-order valence-corrected chi connectivity index (χ1v) is 6.43. The highest BCUT2D eigenvalue weighted by atomic mass is 32.1. The molecule has 0 saturated heterocycles. The highest BCUT2D eigenvalue weighted by Gasteiger charge is 2.29. The fourth-order valence-electron chi connectivity index (χ4n) is 1.99. The minimum Gasteiger partial charge on any atom is -0.483 e. The van der Waals surface area contributed by atoms with Gasteiger partial charge in [0.15, 0.2) is 5.78 Å². The summed E-state index contributed by atoms with van der Waals surface area (Å²) >= 11 is 1.51. The van der Waals surface area contributed by atoms with Crippen molar-refractivity contribution in [1.82, 2.24) is 4.98 Å². The maximum Gasteiger partial charge on any atom is 0.170 e. The lowest BCUT2D eigenvalue weighted by atomic mass is 9.99. The molecule has 3 rings (SSSR count). The fourth-order valence-corrected chi connectivity index (χ4v) is 2.64. The second-order valence-electron chi connectivity index (χ2n) is 4.17. The quantitative estimate of drug-likeness (QED) is 0.792. The van der Waals surface area contributed by atoms with Crippen LogP contribution in [0.2, 0.25) is 0 Å². The molecule has 1 aliphatic rings. The first kappa shape index (κ1) is 11.3. The summed E-state index contributed by atoms with van der Waals surface area (Å²) in [6.45, 7) is 1.90. The average Bonchev–Trinajstić information content (AvgIpc) is 2.75. The topological polar surface area (TPSA) is 39.2 Å². The molecule has 18 heavy (non-hydrogen) atoms. The Hall–Kier alpha value is -1.75. The van der Waals surface area contributed by atoms with E-state index < -0.39 is 11.9 Å². The lowest BCUT2D eigenvalue weighted by Crippen LogP contribution is -2.20. The Morgan fingerprint density at radius 2 is 2.33 bits per heavy atom. The summed E-state index contributed by atoms with van der Waals surface area (Å²) in [6, 6.07) is 3.99. The first-order chi connectivity index (χ1) is 8.63. The third-order valence-corrected chi connectivity index (χ3v) is 3.64. The smallest absolute Gasteiger partial charge is 0.170 e. The third-order valence-electron chi connectivity index (χ3n) is 2.85. The van der Waals surface area contributed by atoms with Gasteiger partial charge in [-0.05, 0) is 19.1 Å². The molecule has 0 fully saturated rings. The zero-order chi connectivity index (χ0) is 12.7. The van der Waals surface area contributed by atoms with E-state index in [4.69, 9.17) is 4.74 Å². The van der Waals surface area contributed by atoms with Crippen LogP contribution in [0.4, 0.5) is 4.39 Å². The number of benzene rings is 1. The number of Topliss-reactive ketones (excluding diaryl/α,β-unsaturated/α-hetero) is 1. The van der Waals surface area contributed by atoms with E-state index in [1.807, 2.05) is 12.3 Å². The number of ether oxygens (including phenoxy) is 1. The molecule has 0 bridgehead atoms. The van der Waals surface area contributed by atoms with Crippen molar-refractivity contribution in [3.8, 4) is 5.75 Å². The highest BCUT2D eigenvalue weighted by Crippen LogP contribution is 2.35. The molecule has 92 valence electrons. The number of aromatic nitrogens is 1. The number of halogens is 1. The number of ketones is 1. The van der Waals surface area contributed by atoms with E-state index in [9.17, 15) is 9.18 Å². The number of carbonyl (C=O) groups is 1. The standard InChI is InChI=1S/C13H10FNO2S/c1-7-15-10(6-18-7)13-5-11(16)9-3-2-8(14)4-12(9)17-13/h2-4,6,13H,5H2,1H3. The van der Waals surface area contributed by atoms with Crippen LogP contribution in [0, 0.1) is 12.7 Å². The van der Waals surface area contributed by atoms with Crippen LogP contribution in [0.25, 0.3) is 0 Å². The average molecular weight is 263 g/mol.